The van der Waals surface area contributed by atoms with Gasteiger partial charge in [0.2, 0.25) is 5.91 Å². The summed E-state index contributed by atoms with van der Waals surface area (Å²) in [5.74, 6) is 1.38. The van der Waals surface area contributed by atoms with Crippen LogP contribution in [-0.4, -0.2) is 71.6 Å². The molecule has 0 radical (unpaired) electrons. The summed E-state index contributed by atoms with van der Waals surface area (Å²) in [6, 6.07) is 23.3. The molecular weight excluding hydrogens is 550 g/mol. The number of anilines is 1. The summed E-state index contributed by atoms with van der Waals surface area (Å²) in [6.45, 7) is 5.17. The topological polar surface area (TPSA) is 88.1 Å². The molecule has 0 saturated heterocycles. The minimum atomic E-state index is -0.138. The quantitative estimate of drug-likeness (QED) is 0.310. The molecular formula is C32H35N5O4S. The molecule has 9 nitrogen and oxygen atoms in total. The second-order valence-electron chi connectivity index (χ2n) is 10.2. The lowest BCUT2D eigenvalue weighted by Crippen LogP contribution is -2.38. The molecule has 0 fully saturated rings. The van der Waals surface area contributed by atoms with E-state index in [0.717, 1.165) is 58.4 Å². The summed E-state index contributed by atoms with van der Waals surface area (Å²) in [7, 11) is 3.28. The Morgan fingerprint density at radius 3 is 2.43 bits per heavy atom. The number of nitrogens with zero attached hydrogens (tertiary/aromatic N) is 5. The molecule has 5 rings (SSSR count). The van der Waals surface area contributed by atoms with Crippen LogP contribution in [0.15, 0.2) is 72.8 Å². The van der Waals surface area contributed by atoms with E-state index in [9.17, 15) is 9.59 Å². The highest BCUT2D eigenvalue weighted by molar-refractivity contribution is 7.08. The first kappa shape index (κ1) is 29.2. The van der Waals surface area contributed by atoms with Crippen molar-refractivity contribution in [3.63, 3.8) is 0 Å². The van der Waals surface area contributed by atoms with Crippen LogP contribution in [0, 0.1) is 0 Å². The van der Waals surface area contributed by atoms with Gasteiger partial charge in [0.25, 0.3) is 5.91 Å². The maximum absolute atomic E-state index is 14.2. The molecule has 1 aliphatic rings. The van der Waals surface area contributed by atoms with Crippen molar-refractivity contribution in [1.82, 2.24) is 19.4 Å². The highest BCUT2D eigenvalue weighted by Crippen LogP contribution is 2.29. The van der Waals surface area contributed by atoms with Crippen molar-refractivity contribution in [1.29, 1.82) is 0 Å². The number of para-hydroxylation sites is 1. The number of fused-ring (bicyclic) bond motifs is 1. The van der Waals surface area contributed by atoms with Crippen LogP contribution in [0.3, 0.4) is 0 Å². The number of carbonyl (C=O) groups is 2. The molecule has 42 heavy (non-hydrogen) atoms. The third kappa shape index (κ3) is 6.78. The van der Waals surface area contributed by atoms with Crippen molar-refractivity contribution in [3.05, 3.63) is 88.8 Å². The van der Waals surface area contributed by atoms with Crippen LogP contribution in [0.5, 0.6) is 11.5 Å². The molecule has 0 aliphatic carbocycles. The van der Waals surface area contributed by atoms with E-state index in [1.807, 2.05) is 76.5 Å². The molecule has 0 spiro atoms. The maximum Gasteiger partial charge on any atom is 0.268 e. The van der Waals surface area contributed by atoms with E-state index >= 15 is 0 Å². The molecule has 0 saturated carbocycles. The van der Waals surface area contributed by atoms with Crippen molar-refractivity contribution < 1.29 is 19.1 Å². The first-order valence-electron chi connectivity index (χ1n) is 13.9. The summed E-state index contributed by atoms with van der Waals surface area (Å²) in [4.78, 5) is 33.5. The van der Waals surface area contributed by atoms with Crippen molar-refractivity contribution in [3.8, 4) is 22.8 Å². The van der Waals surface area contributed by atoms with E-state index in [0.29, 0.717) is 43.3 Å². The van der Waals surface area contributed by atoms with Gasteiger partial charge in [0, 0.05) is 57.4 Å². The van der Waals surface area contributed by atoms with Crippen molar-refractivity contribution in [2.24, 2.45) is 0 Å². The van der Waals surface area contributed by atoms with E-state index in [1.165, 1.54) is 0 Å². The minimum absolute atomic E-state index is 0.0210. The van der Waals surface area contributed by atoms with E-state index in [4.69, 9.17) is 9.47 Å². The third-order valence-corrected chi connectivity index (χ3v) is 8.15. The molecule has 4 aromatic rings. The zero-order valence-electron chi connectivity index (χ0n) is 24.2. The minimum Gasteiger partial charge on any atom is -0.497 e. The Morgan fingerprint density at radius 2 is 1.67 bits per heavy atom. The summed E-state index contributed by atoms with van der Waals surface area (Å²) in [5.41, 5.74) is 4.23. The summed E-state index contributed by atoms with van der Waals surface area (Å²) >= 11 is 1.10. The smallest absolute Gasteiger partial charge is 0.268 e. The lowest BCUT2D eigenvalue weighted by Gasteiger charge is -2.28. The summed E-state index contributed by atoms with van der Waals surface area (Å²) in [5, 5.41) is 4.32. The zero-order chi connectivity index (χ0) is 29.5. The summed E-state index contributed by atoms with van der Waals surface area (Å²) < 4.78 is 14.9. The van der Waals surface area contributed by atoms with Gasteiger partial charge in [0.1, 0.15) is 22.1 Å². The van der Waals surface area contributed by atoms with E-state index < -0.39 is 0 Å². The Kier molecular flexibility index (Phi) is 9.45. The number of rotatable bonds is 6. The molecule has 3 aromatic carbocycles. The number of hydrogen-bond acceptors (Lipinski definition) is 8. The Morgan fingerprint density at radius 1 is 0.881 bits per heavy atom. The van der Waals surface area contributed by atoms with E-state index in [-0.39, 0.29) is 11.8 Å². The van der Waals surface area contributed by atoms with Gasteiger partial charge in [-0.1, -0.05) is 34.8 Å². The molecule has 0 N–H and O–H groups in total. The first-order chi connectivity index (χ1) is 20.5. The number of benzene rings is 3. The lowest BCUT2D eigenvalue weighted by atomic mass is 10.1. The molecule has 1 aromatic heterocycles. The maximum atomic E-state index is 14.2. The van der Waals surface area contributed by atoms with Crippen LogP contribution in [0.4, 0.5) is 5.69 Å². The molecule has 0 atom stereocenters. The van der Waals surface area contributed by atoms with Crippen molar-refractivity contribution in [2.75, 3.05) is 45.3 Å². The van der Waals surface area contributed by atoms with Gasteiger partial charge in [0.05, 0.1) is 14.2 Å². The molecule has 10 heteroatoms. The standard InChI is InChI=1S/C32H35N5O4S/c1-23(38)37-17-7-16-35(21-24-8-6-10-28(20-24)41-3)18-19-36(22-26-9-4-5-11-29(26)37)32(39)31-30(33-34-42-31)25-12-14-27(40-2)15-13-25/h4-6,8-15,20H,7,16-19,21-22H2,1-3H3. The normalized spacial score (nSPS) is 14.5. The van der Waals surface area contributed by atoms with Gasteiger partial charge in [-0.3, -0.25) is 14.5 Å². The largest absolute Gasteiger partial charge is 0.497 e. The monoisotopic (exact) mass is 585 g/mol. The van der Waals surface area contributed by atoms with Crippen LogP contribution in [0.1, 0.15) is 34.1 Å². The van der Waals surface area contributed by atoms with Crippen LogP contribution < -0.4 is 14.4 Å². The van der Waals surface area contributed by atoms with Crippen LogP contribution in [0.25, 0.3) is 11.3 Å². The van der Waals surface area contributed by atoms with Gasteiger partial charge < -0.3 is 19.3 Å². The zero-order valence-corrected chi connectivity index (χ0v) is 25.0. The number of ether oxygens (including phenoxy) is 2. The third-order valence-electron chi connectivity index (χ3n) is 7.44. The van der Waals surface area contributed by atoms with Gasteiger partial charge in [-0.2, -0.15) is 0 Å². The second-order valence-corrected chi connectivity index (χ2v) is 10.9. The fraction of sp³-hybridized carbons (Fsp3) is 0.312. The fourth-order valence-electron chi connectivity index (χ4n) is 5.24. The van der Waals surface area contributed by atoms with Gasteiger partial charge in [-0.05, 0) is 71.5 Å². The number of hydrogen-bond donors (Lipinski definition) is 0. The molecule has 2 amide bonds. The second kappa shape index (κ2) is 13.6. The Labute approximate surface area is 250 Å². The number of amides is 2. The van der Waals surface area contributed by atoms with Gasteiger partial charge in [0.15, 0.2) is 0 Å². The highest BCUT2D eigenvalue weighted by Gasteiger charge is 2.27. The first-order valence-corrected chi connectivity index (χ1v) is 14.7. The molecule has 1 aliphatic heterocycles. The van der Waals surface area contributed by atoms with Crippen LogP contribution in [-0.2, 0) is 17.9 Å². The Bertz CT molecular complexity index is 1520. The predicted molar refractivity (Wildman–Crippen MR) is 164 cm³/mol. The molecule has 0 unspecified atom stereocenters. The molecule has 2 heterocycles. The van der Waals surface area contributed by atoms with Crippen molar-refractivity contribution in [2.45, 2.75) is 26.4 Å². The van der Waals surface area contributed by atoms with Gasteiger partial charge in [-0.25, -0.2) is 0 Å². The highest BCUT2D eigenvalue weighted by atomic mass is 32.1. The fourth-order valence-corrected chi connectivity index (χ4v) is 5.90. The van der Waals surface area contributed by atoms with Crippen LogP contribution in [0.2, 0.25) is 0 Å². The van der Waals surface area contributed by atoms with E-state index in [2.05, 4.69) is 20.6 Å². The summed E-state index contributed by atoms with van der Waals surface area (Å²) in [6.07, 6.45) is 0.798. The lowest BCUT2D eigenvalue weighted by molar-refractivity contribution is -0.116. The van der Waals surface area contributed by atoms with Crippen LogP contribution >= 0.6 is 11.5 Å². The number of aromatic nitrogens is 2. The van der Waals surface area contributed by atoms with Gasteiger partial charge >= 0.3 is 0 Å². The molecule has 218 valence electrons. The number of carbonyl (C=O) groups excluding carboxylic acids is 2. The Hall–Kier alpha value is -4.28. The van der Waals surface area contributed by atoms with Gasteiger partial charge in [-0.15, -0.1) is 5.10 Å². The van der Waals surface area contributed by atoms with E-state index in [1.54, 1.807) is 21.1 Å². The van der Waals surface area contributed by atoms with Crippen molar-refractivity contribution >= 4 is 29.0 Å². The Balaban J connectivity index is 1.48. The molecule has 0 bridgehead atoms. The average Bonchev–Trinajstić information content (AvgIpc) is 3.50. The SMILES string of the molecule is COc1ccc(-c2nnsc2C(=O)N2CCN(Cc3cccc(OC)c3)CCCN(C(C)=O)c3ccccc3C2)cc1. The predicted octanol–water partition coefficient (Wildman–Crippen LogP) is 5.12. The number of methoxy groups -OCH3 is 2. The average molecular weight is 586 g/mol.